The number of carboxylic acid groups (broad SMARTS) is 1. The Morgan fingerprint density at radius 1 is 1.19 bits per heavy atom. The number of ether oxygens (including phenoxy) is 1. The first-order valence-electron chi connectivity index (χ1n) is 8.80. The van der Waals surface area contributed by atoms with Crippen LogP contribution in [0.5, 0.6) is 11.5 Å². The molecule has 1 aliphatic heterocycles. The van der Waals surface area contributed by atoms with Gasteiger partial charge in [0.05, 0.1) is 5.41 Å². The minimum absolute atomic E-state index is 0.0349. The first-order valence-corrected chi connectivity index (χ1v) is 8.80. The Morgan fingerprint density at radius 2 is 2.00 bits per heavy atom. The van der Waals surface area contributed by atoms with Gasteiger partial charge in [-0.3, -0.25) is 14.6 Å². The zero-order valence-electron chi connectivity index (χ0n) is 14.3. The predicted octanol–water partition coefficient (Wildman–Crippen LogP) is 3.20. The van der Waals surface area contributed by atoms with Crippen molar-refractivity contribution in [2.45, 2.75) is 19.3 Å². The van der Waals surface area contributed by atoms with Crippen molar-refractivity contribution in [3.8, 4) is 11.5 Å². The predicted molar refractivity (Wildman–Crippen MR) is 94.1 cm³/mol. The van der Waals surface area contributed by atoms with Crippen LogP contribution in [0, 0.1) is 11.3 Å². The quantitative estimate of drug-likeness (QED) is 0.914. The summed E-state index contributed by atoms with van der Waals surface area (Å²) >= 11 is 0. The summed E-state index contributed by atoms with van der Waals surface area (Å²) in [4.78, 5) is 30.5. The van der Waals surface area contributed by atoms with Crippen molar-refractivity contribution in [3.63, 3.8) is 0 Å². The molecule has 1 saturated carbocycles. The molecule has 1 N–H and O–H groups in total. The topological polar surface area (TPSA) is 79.7 Å². The fraction of sp³-hybridized carbons (Fsp3) is 0.350. The van der Waals surface area contributed by atoms with Gasteiger partial charge < -0.3 is 14.7 Å². The Labute approximate surface area is 151 Å². The van der Waals surface area contributed by atoms with Crippen LogP contribution in [-0.4, -0.2) is 40.0 Å². The minimum atomic E-state index is -0.788. The molecule has 0 spiro atoms. The molecule has 0 bridgehead atoms. The summed E-state index contributed by atoms with van der Waals surface area (Å²) in [6, 6.07) is 12.6. The van der Waals surface area contributed by atoms with E-state index in [0.717, 1.165) is 12.8 Å². The molecule has 2 fully saturated rings. The number of carboxylic acids is 1. The maximum atomic E-state index is 12.9. The normalized spacial score (nSPS) is 24.3. The first kappa shape index (κ1) is 16.6. The van der Waals surface area contributed by atoms with Crippen molar-refractivity contribution < 1.29 is 19.4 Å². The van der Waals surface area contributed by atoms with Crippen molar-refractivity contribution in [1.82, 2.24) is 9.88 Å². The van der Waals surface area contributed by atoms with E-state index in [0.29, 0.717) is 24.5 Å². The van der Waals surface area contributed by atoms with Crippen LogP contribution in [0.2, 0.25) is 0 Å². The van der Waals surface area contributed by atoms with Crippen LogP contribution in [0.1, 0.15) is 29.8 Å². The van der Waals surface area contributed by atoms with Gasteiger partial charge in [0, 0.05) is 25.4 Å². The van der Waals surface area contributed by atoms with Gasteiger partial charge >= 0.3 is 5.97 Å². The van der Waals surface area contributed by atoms with Crippen LogP contribution in [-0.2, 0) is 4.79 Å². The molecule has 4 rings (SSSR count). The van der Waals surface area contributed by atoms with E-state index in [1.165, 1.54) is 6.20 Å². The van der Waals surface area contributed by atoms with Crippen LogP contribution >= 0.6 is 0 Å². The molecule has 26 heavy (non-hydrogen) atoms. The average Bonchev–Trinajstić information content (AvgIpc) is 3.21. The smallest absolute Gasteiger partial charge is 0.311 e. The van der Waals surface area contributed by atoms with Gasteiger partial charge in [-0.15, -0.1) is 0 Å². The Morgan fingerprint density at radius 3 is 2.73 bits per heavy atom. The number of aliphatic carboxylic acids is 1. The molecule has 0 unspecified atom stereocenters. The Bertz CT molecular complexity index is 839. The van der Waals surface area contributed by atoms with Crippen molar-refractivity contribution >= 4 is 11.9 Å². The van der Waals surface area contributed by atoms with E-state index in [2.05, 4.69) is 4.98 Å². The van der Waals surface area contributed by atoms with Gasteiger partial charge in [0.2, 0.25) is 0 Å². The highest BCUT2D eigenvalue weighted by molar-refractivity contribution is 5.93. The monoisotopic (exact) mass is 352 g/mol. The lowest BCUT2D eigenvalue weighted by molar-refractivity contribution is -0.149. The number of benzene rings is 1. The Hall–Kier alpha value is -2.89. The molecule has 1 saturated heterocycles. The van der Waals surface area contributed by atoms with E-state index >= 15 is 0 Å². The van der Waals surface area contributed by atoms with E-state index < -0.39 is 11.4 Å². The standard InChI is InChI=1S/C20H20N2O4/c23-18(22-12-14-5-4-9-20(14,13-22)19(24)25)17-11-16(8-10-21-17)26-15-6-2-1-3-7-15/h1-3,6-8,10-11,14H,4-5,9,12-13H2,(H,24,25)/t14-,20+/m0/s1. The number of rotatable bonds is 4. The molecule has 2 aromatic rings. The Kier molecular flexibility index (Phi) is 4.11. The summed E-state index contributed by atoms with van der Waals surface area (Å²) in [5.74, 6) is 0.218. The van der Waals surface area contributed by atoms with Crippen molar-refractivity contribution in [1.29, 1.82) is 0 Å². The molecule has 1 aromatic carbocycles. The summed E-state index contributed by atoms with van der Waals surface area (Å²) in [7, 11) is 0. The summed E-state index contributed by atoms with van der Waals surface area (Å²) < 4.78 is 5.76. The largest absolute Gasteiger partial charge is 0.481 e. The SMILES string of the molecule is O=C(c1cc(Oc2ccccc2)ccn1)N1C[C@@H]2CCC[C@@]2(C(=O)O)C1. The number of fused-ring (bicyclic) bond motifs is 1. The number of carbonyl (C=O) groups is 2. The van der Waals surface area contributed by atoms with Gasteiger partial charge in [-0.1, -0.05) is 24.6 Å². The molecule has 6 heteroatoms. The summed E-state index contributed by atoms with van der Waals surface area (Å²) in [6.45, 7) is 0.744. The van der Waals surface area contributed by atoms with Crippen molar-refractivity contribution in [2.75, 3.05) is 13.1 Å². The second kappa shape index (κ2) is 6.44. The second-order valence-corrected chi connectivity index (χ2v) is 7.03. The van der Waals surface area contributed by atoms with Gasteiger partial charge in [0.15, 0.2) is 0 Å². The van der Waals surface area contributed by atoms with Crippen LogP contribution < -0.4 is 4.74 Å². The summed E-state index contributed by atoms with van der Waals surface area (Å²) in [5, 5.41) is 9.68. The number of pyridine rings is 1. The molecular weight excluding hydrogens is 332 g/mol. The third kappa shape index (κ3) is 2.81. The fourth-order valence-corrected chi connectivity index (χ4v) is 4.17. The molecule has 6 nitrogen and oxygen atoms in total. The number of likely N-dealkylation sites (tertiary alicyclic amines) is 1. The van der Waals surface area contributed by atoms with Crippen LogP contribution in [0.4, 0.5) is 0 Å². The number of hydrogen-bond acceptors (Lipinski definition) is 4. The van der Waals surface area contributed by atoms with E-state index in [4.69, 9.17) is 4.74 Å². The molecule has 1 amide bonds. The van der Waals surface area contributed by atoms with Gasteiger partial charge in [-0.25, -0.2) is 0 Å². The molecule has 1 aliphatic carbocycles. The summed E-state index contributed by atoms with van der Waals surface area (Å²) in [6.07, 6.45) is 3.95. The lowest BCUT2D eigenvalue weighted by atomic mass is 9.81. The average molecular weight is 352 g/mol. The van der Waals surface area contributed by atoms with E-state index in [1.807, 2.05) is 30.3 Å². The third-order valence-corrected chi connectivity index (χ3v) is 5.51. The highest BCUT2D eigenvalue weighted by atomic mass is 16.5. The van der Waals surface area contributed by atoms with E-state index in [1.54, 1.807) is 17.0 Å². The van der Waals surface area contributed by atoms with Gasteiger partial charge in [-0.05, 0) is 37.0 Å². The number of amides is 1. The molecule has 2 heterocycles. The lowest BCUT2D eigenvalue weighted by Crippen LogP contribution is -2.37. The number of aromatic nitrogens is 1. The lowest BCUT2D eigenvalue weighted by Gasteiger charge is -2.23. The highest BCUT2D eigenvalue weighted by Crippen LogP contribution is 2.49. The second-order valence-electron chi connectivity index (χ2n) is 7.03. The fourth-order valence-electron chi connectivity index (χ4n) is 4.17. The van der Waals surface area contributed by atoms with E-state index in [-0.39, 0.29) is 24.1 Å². The minimum Gasteiger partial charge on any atom is -0.481 e. The molecule has 1 aromatic heterocycles. The first-order chi connectivity index (χ1) is 12.6. The van der Waals surface area contributed by atoms with Crippen LogP contribution in [0.25, 0.3) is 0 Å². The zero-order valence-corrected chi connectivity index (χ0v) is 14.3. The van der Waals surface area contributed by atoms with Crippen LogP contribution in [0.3, 0.4) is 0 Å². The highest BCUT2D eigenvalue weighted by Gasteiger charge is 2.55. The van der Waals surface area contributed by atoms with E-state index in [9.17, 15) is 14.7 Å². The molecular formula is C20H20N2O4. The van der Waals surface area contributed by atoms with Crippen molar-refractivity contribution in [2.24, 2.45) is 11.3 Å². The molecule has 0 radical (unpaired) electrons. The molecule has 2 aliphatic rings. The number of carbonyl (C=O) groups excluding carboxylic acids is 1. The number of para-hydroxylation sites is 1. The van der Waals surface area contributed by atoms with Crippen LogP contribution in [0.15, 0.2) is 48.7 Å². The molecule has 134 valence electrons. The summed E-state index contributed by atoms with van der Waals surface area (Å²) in [5.41, 5.74) is -0.507. The maximum absolute atomic E-state index is 12.9. The number of nitrogens with zero attached hydrogens (tertiary/aromatic N) is 2. The number of hydrogen-bond donors (Lipinski definition) is 1. The van der Waals surface area contributed by atoms with Gasteiger partial charge in [0.25, 0.3) is 5.91 Å². The van der Waals surface area contributed by atoms with Crippen molar-refractivity contribution in [3.05, 3.63) is 54.4 Å². The maximum Gasteiger partial charge on any atom is 0.311 e. The third-order valence-electron chi connectivity index (χ3n) is 5.51. The zero-order chi connectivity index (χ0) is 18.1. The molecule has 2 atom stereocenters. The Balaban J connectivity index is 1.52. The van der Waals surface area contributed by atoms with Gasteiger partial charge in [0.1, 0.15) is 17.2 Å². The van der Waals surface area contributed by atoms with Gasteiger partial charge in [-0.2, -0.15) is 0 Å².